The van der Waals surface area contributed by atoms with E-state index in [1.165, 1.54) is 24.1 Å². The van der Waals surface area contributed by atoms with Crippen LogP contribution in [-0.2, 0) is 9.53 Å². The second-order valence-electron chi connectivity index (χ2n) is 7.91. The van der Waals surface area contributed by atoms with Crippen LogP contribution in [0.4, 0.5) is 25.0 Å². The maximum atomic E-state index is 14.8. The predicted octanol–water partition coefficient (Wildman–Crippen LogP) is 4.03. The van der Waals surface area contributed by atoms with Crippen LogP contribution in [-0.4, -0.2) is 47.2 Å². The lowest BCUT2D eigenvalue weighted by Crippen LogP contribution is -2.45. The number of hydrogen-bond donors (Lipinski definition) is 2. The van der Waals surface area contributed by atoms with Crippen molar-refractivity contribution in [2.45, 2.75) is 18.6 Å². The van der Waals surface area contributed by atoms with Crippen molar-refractivity contribution in [2.24, 2.45) is 0 Å². The van der Waals surface area contributed by atoms with Crippen LogP contribution in [0, 0.1) is 11.6 Å². The van der Waals surface area contributed by atoms with Crippen molar-refractivity contribution < 1.29 is 23.1 Å². The zero-order valence-electron chi connectivity index (χ0n) is 18.5. The molecule has 2 N–H and O–H groups in total. The number of rotatable bonds is 5. The third-order valence-corrected chi connectivity index (χ3v) is 5.87. The van der Waals surface area contributed by atoms with Crippen LogP contribution < -0.4 is 16.2 Å². The Morgan fingerprint density at radius 1 is 1.06 bits per heavy atom. The third-order valence-electron chi connectivity index (χ3n) is 5.62. The maximum absolute atomic E-state index is 14.8. The van der Waals surface area contributed by atoms with Gasteiger partial charge in [0.05, 0.1) is 17.5 Å². The number of urea groups is 1. The van der Waals surface area contributed by atoms with Crippen LogP contribution in [0.1, 0.15) is 6.42 Å². The predicted molar refractivity (Wildman–Crippen MR) is 127 cm³/mol. The van der Waals surface area contributed by atoms with Crippen molar-refractivity contribution in [1.29, 1.82) is 0 Å². The van der Waals surface area contributed by atoms with Crippen molar-refractivity contribution in [2.75, 3.05) is 24.3 Å². The molecule has 1 fully saturated rings. The quantitative estimate of drug-likeness (QED) is 0.551. The number of aromatic nitrogens is 1. The first-order valence-electron chi connectivity index (χ1n) is 10.6. The van der Waals surface area contributed by atoms with E-state index in [4.69, 9.17) is 16.3 Å². The van der Waals surface area contributed by atoms with Crippen LogP contribution >= 0.6 is 11.6 Å². The molecule has 0 spiro atoms. The molecule has 8 nitrogen and oxygen atoms in total. The maximum Gasteiger partial charge on any atom is 0.322 e. The van der Waals surface area contributed by atoms with Gasteiger partial charge in [-0.15, -0.1) is 0 Å². The van der Waals surface area contributed by atoms with Crippen LogP contribution in [0.3, 0.4) is 0 Å². The summed E-state index contributed by atoms with van der Waals surface area (Å²) < 4.78 is 34.6. The van der Waals surface area contributed by atoms with E-state index >= 15 is 0 Å². The molecule has 4 rings (SSSR count). The number of nitrogens with one attached hydrogen (secondary N) is 2. The van der Waals surface area contributed by atoms with Crippen LogP contribution in [0.15, 0.2) is 65.6 Å². The number of pyridine rings is 1. The van der Waals surface area contributed by atoms with Crippen molar-refractivity contribution in [3.63, 3.8) is 0 Å². The first-order chi connectivity index (χ1) is 16.7. The number of benzene rings is 2. The Morgan fingerprint density at radius 3 is 2.49 bits per heavy atom. The van der Waals surface area contributed by atoms with Crippen molar-refractivity contribution in [3.05, 3.63) is 87.8 Å². The molecule has 1 aliphatic rings. The molecule has 1 aromatic heterocycles. The molecule has 11 heteroatoms. The number of nitrogens with zero attached hydrogens (tertiary/aromatic N) is 2. The molecule has 35 heavy (non-hydrogen) atoms. The van der Waals surface area contributed by atoms with E-state index in [9.17, 15) is 23.2 Å². The van der Waals surface area contributed by atoms with Crippen LogP contribution in [0.25, 0.3) is 5.69 Å². The third kappa shape index (κ3) is 5.50. The van der Waals surface area contributed by atoms with Gasteiger partial charge < -0.3 is 20.3 Å². The Hall–Kier alpha value is -3.76. The Balaban J connectivity index is 1.51. The summed E-state index contributed by atoms with van der Waals surface area (Å²) in [6.07, 6.45) is 0.777. The number of amides is 3. The summed E-state index contributed by atoms with van der Waals surface area (Å²) in [5.74, 6) is -2.09. The smallest absolute Gasteiger partial charge is 0.322 e. The molecule has 0 unspecified atom stereocenters. The first-order valence-corrected chi connectivity index (χ1v) is 11.0. The molecule has 0 aliphatic carbocycles. The number of likely N-dealkylation sites (tertiary alicyclic amines) is 1. The molecule has 3 aromatic rings. The molecule has 0 saturated carbocycles. The number of methoxy groups -OCH3 is 1. The number of halogens is 3. The monoisotopic (exact) mass is 502 g/mol. The van der Waals surface area contributed by atoms with Gasteiger partial charge in [0.25, 0.3) is 5.56 Å². The van der Waals surface area contributed by atoms with Gasteiger partial charge in [0, 0.05) is 49.1 Å². The van der Waals surface area contributed by atoms with E-state index in [0.29, 0.717) is 10.7 Å². The van der Waals surface area contributed by atoms with Gasteiger partial charge in [-0.25, -0.2) is 13.6 Å². The molecule has 1 aliphatic heterocycles. The largest absolute Gasteiger partial charge is 0.380 e. The minimum Gasteiger partial charge on any atom is -0.380 e. The van der Waals surface area contributed by atoms with Gasteiger partial charge >= 0.3 is 6.03 Å². The highest BCUT2D eigenvalue weighted by Gasteiger charge is 2.40. The molecule has 2 aromatic carbocycles. The van der Waals surface area contributed by atoms with E-state index in [-0.39, 0.29) is 30.4 Å². The standard InChI is InChI=1S/C24H21ClF2N4O4/c1-35-18-11-21(31(13-18)24(34)28-16-5-2-14(25)3-6-16)23(33)29-20-8-7-17(10-19(20)27)30-12-15(26)4-9-22(30)32/h2-10,12,18,21H,11,13H2,1H3,(H,28,34)(H,29,33)/t18-,21-/m1/s1. The average Bonchev–Trinajstić information content (AvgIpc) is 3.28. The summed E-state index contributed by atoms with van der Waals surface area (Å²) in [5, 5.41) is 5.70. The second kappa shape index (κ2) is 10.2. The van der Waals surface area contributed by atoms with E-state index in [2.05, 4.69) is 10.6 Å². The van der Waals surface area contributed by atoms with Gasteiger partial charge in [-0.1, -0.05) is 11.6 Å². The van der Waals surface area contributed by atoms with Gasteiger partial charge in [-0.05, 0) is 42.5 Å². The van der Waals surface area contributed by atoms with Gasteiger partial charge in [0.1, 0.15) is 17.7 Å². The molecule has 0 radical (unpaired) electrons. The fraction of sp³-hybridized carbons (Fsp3) is 0.208. The summed E-state index contributed by atoms with van der Waals surface area (Å²) in [5.41, 5.74) is -0.105. The van der Waals surface area contributed by atoms with Crippen LogP contribution in [0.2, 0.25) is 5.02 Å². The van der Waals surface area contributed by atoms with E-state index in [1.54, 1.807) is 24.3 Å². The van der Waals surface area contributed by atoms with Gasteiger partial charge in [0.15, 0.2) is 0 Å². The lowest BCUT2D eigenvalue weighted by molar-refractivity contribution is -0.119. The molecular weight excluding hydrogens is 482 g/mol. The summed E-state index contributed by atoms with van der Waals surface area (Å²) in [6.45, 7) is 0.165. The summed E-state index contributed by atoms with van der Waals surface area (Å²) in [7, 11) is 1.48. The number of carbonyl (C=O) groups excluding carboxylic acids is 2. The Kier molecular flexibility index (Phi) is 7.13. The van der Waals surface area contributed by atoms with E-state index in [0.717, 1.165) is 29.0 Å². The lowest BCUT2D eigenvalue weighted by atomic mass is 10.1. The SMILES string of the molecule is CO[C@@H]1C[C@H](C(=O)Nc2ccc(-n3cc(F)ccc3=O)cc2F)N(C(=O)Nc2ccc(Cl)cc2)C1. The van der Waals surface area contributed by atoms with E-state index in [1.807, 2.05) is 0 Å². The summed E-state index contributed by atoms with van der Waals surface area (Å²) >= 11 is 5.87. The average molecular weight is 503 g/mol. The van der Waals surface area contributed by atoms with Gasteiger partial charge in [0.2, 0.25) is 5.91 Å². The molecule has 1 saturated heterocycles. The normalized spacial score (nSPS) is 17.3. The molecule has 182 valence electrons. The minimum absolute atomic E-state index is 0.0919. The fourth-order valence-electron chi connectivity index (χ4n) is 3.80. The fourth-order valence-corrected chi connectivity index (χ4v) is 3.93. The van der Waals surface area contributed by atoms with Crippen LogP contribution in [0.5, 0.6) is 0 Å². The number of ether oxygens (including phenoxy) is 1. The molecule has 0 bridgehead atoms. The highest BCUT2D eigenvalue weighted by atomic mass is 35.5. The van der Waals surface area contributed by atoms with Crippen molar-refractivity contribution in [3.8, 4) is 5.69 Å². The number of carbonyl (C=O) groups is 2. The molecule has 2 heterocycles. The zero-order chi connectivity index (χ0) is 25.1. The van der Waals surface area contributed by atoms with Crippen molar-refractivity contribution in [1.82, 2.24) is 9.47 Å². The Morgan fingerprint density at radius 2 is 1.80 bits per heavy atom. The molecular formula is C24H21ClF2N4O4. The number of anilines is 2. The minimum atomic E-state index is -0.919. The topological polar surface area (TPSA) is 92.7 Å². The highest BCUT2D eigenvalue weighted by molar-refractivity contribution is 6.30. The van der Waals surface area contributed by atoms with Gasteiger partial charge in [-0.3, -0.25) is 14.2 Å². The van der Waals surface area contributed by atoms with Gasteiger partial charge in [-0.2, -0.15) is 0 Å². The Labute approximate surface area is 204 Å². The highest BCUT2D eigenvalue weighted by Crippen LogP contribution is 2.25. The zero-order valence-corrected chi connectivity index (χ0v) is 19.3. The summed E-state index contributed by atoms with van der Waals surface area (Å²) in [4.78, 5) is 39.2. The summed E-state index contributed by atoms with van der Waals surface area (Å²) in [6, 6.07) is 10.7. The number of hydrogen-bond acceptors (Lipinski definition) is 4. The van der Waals surface area contributed by atoms with Crippen molar-refractivity contribution >= 4 is 34.9 Å². The first kappa shape index (κ1) is 24.4. The molecule has 3 amide bonds. The van der Waals surface area contributed by atoms with E-state index < -0.39 is 35.2 Å². The molecule has 2 atom stereocenters. The second-order valence-corrected chi connectivity index (χ2v) is 8.34. The Bertz CT molecular complexity index is 1320. The lowest BCUT2D eigenvalue weighted by Gasteiger charge is -2.24.